The predicted molar refractivity (Wildman–Crippen MR) is 75.3 cm³/mol. The first-order valence-electron chi connectivity index (χ1n) is 6.03. The highest BCUT2D eigenvalue weighted by molar-refractivity contribution is 6.05. The van der Waals surface area contributed by atoms with Crippen LogP contribution < -0.4 is 0 Å². The highest BCUT2D eigenvalue weighted by Crippen LogP contribution is 2.25. The summed E-state index contributed by atoms with van der Waals surface area (Å²) in [6, 6.07) is 14.5. The number of benzene rings is 2. The summed E-state index contributed by atoms with van der Waals surface area (Å²) >= 11 is 0. The van der Waals surface area contributed by atoms with Gasteiger partial charge in [-0.05, 0) is 49.8 Å². The monoisotopic (exact) mass is 231 g/mol. The van der Waals surface area contributed by atoms with Crippen LogP contribution in [0.1, 0.15) is 11.3 Å². The third kappa shape index (κ3) is 1.76. The van der Waals surface area contributed by atoms with E-state index in [4.69, 9.17) is 13.8 Å². The molecule has 0 atom stereocenters. The predicted octanol–water partition coefficient (Wildman–Crippen LogP) is 3.90. The fourth-order valence-corrected chi connectivity index (χ4v) is 2.23. The van der Waals surface area contributed by atoms with Gasteiger partial charge in [0.1, 0.15) is 0 Å². The summed E-state index contributed by atoms with van der Waals surface area (Å²) in [6.07, 6.45) is 1.01. The SMILES string of the molecule is [CH]Cc1ccc2ccc3ccc(C[CH])nc3c2c1. The average molecular weight is 231 g/mol. The van der Waals surface area contributed by atoms with Crippen LogP contribution in [0.15, 0.2) is 42.5 Å². The van der Waals surface area contributed by atoms with Crippen LogP contribution in [0.2, 0.25) is 0 Å². The lowest BCUT2D eigenvalue weighted by Crippen LogP contribution is -1.90. The second-order valence-electron chi connectivity index (χ2n) is 4.40. The maximum atomic E-state index is 5.70. The van der Waals surface area contributed by atoms with E-state index in [1.54, 1.807) is 0 Å². The Morgan fingerprint density at radius 1 is 0.833 bits per heavy atom. The van der Waals surface area contributed by atoms with E-state index >= 15 is 0 Å². The minimum absolute atomic E-state index is 0.461. The molecule has 0 aliphatic heterocycles. The molecule has 0 bridgehead atoms. The number of fused-ring (bicyclic) bond motifs is 3. The molecule has 0 saturated carbocycles. The highest BCUT2D eigenvalue weighted by Gasteiger charge is 2.03. The largest absolute Gasteiger partial charge is 0.252 e. The maximum Gasteiger partial charge on any atom is 0.0783 e. The molecule has 3 aromatic rings. The fraction of sp³-hybridized carbons (Fsp3) is 0.118. The zero-order valence-corrected chi connectivity index (χ0v) is 10.1. The molecular formula is C17H13N. The van der Waals surface area contributed by atoms with Crippen LogP contribution in [0.4, 0.5) is 0 Å². The molecule has 18 heavy (non-hydrogen) atoms. The molecule has 3 rings (SSSR count). The van der Waals surface area contributed by atoms with Gasteiger partial charge in [0.05, 0.1) is 5.52 Å². The third-order valence-corrected chi connectivity index (χ3v) is 3.24. The molecule has 0 N–H and O–H groups in total. The molecule has 1 heterocycles. The normalized spacial score (nSPS) is 11.2. The van der Waals surface area contributed by atoms with Crippen LogP contribution in [0.3, 0.4) is 0 Å². The molecule has 86 valence electrons. The molecule has 0 amide bonds. The van der Waals surface area contributed by atoms with Crippen LogP contribution in [-0.4, -0.2) is 4.98 Å². The Hall–Kier alpha value is -1.89. The van der Waals surface area contributed by atoms with Crippen molar-refractivity contribution in [2.24, 2.45) is 0 Å². The van der Waals surface area contributed by atoms with Crippen molar-refractivity contribution in [1.82, 2.24) is 4.98 Å². The number of hydrogen-bond donors (Lipinski definition) is 0. The third-order valence-electron chi connectivity index (χ3n) is 3.24. The summed E-state index contributed by atoms with van der Waals surface area (Å²) in [5.41, 5.74) is 3.04. The number of hydrogen-bond acceptors (Lipinski definition) is 1. The molecule has 0 saturated heterocycles. The molecule has 1 nitrogen and oxygen atoms in total. The van der Waals surface area contributed by atoms with Gasteiger partial charge in [0.15, 0.2) is 0 Å². The summed E-state index contributed by atoms with van der Waals surface area (Å²) in [7, 11) is 0. The van der Waals surface area contributed by atoms with Crippen molar-refractivity contribution in [3.05, 3.63) is 67.6 Å². The van der Waals surface area contributed by atoms with Gasteiger partial charge in [0, 0.05) is 16.5 Å². The van der Waals surface area contributed by atoms with Crippen molar-refractivity contribution in [3.8, 4) is 0 Å². The minimum atomic E-state index is 0.461. The zero-order valence-electron chi connectivity index (χ0n) is 10.1. The molecule has 0 fully saturated rings. The summed E-state index contributed by atoms with van der Waals surface area (Å²) in [5.74, 6) is 0. The Balaban J connectivity index is 2.40. The molecule has 1 heteroatoms. The van der Waals surface area contributed by atoms with Gasteiger partial charge in [-0.25, -0.2) is 0 Å². The van der Waals surface area contributed by atoms with E-state index in [0.717, 1.165) is 27.5 Å². The number of aromatic nitrogens is 1. The topological polar surface area (TPSA) is 12.9 Å². The van der Waals surface area contributed by atoms with Crippen molar-refractivity contribution < 1.29 is 0 Å². The quantitative estimate of drug-likeness (QED) is 0.610. The molecule has 1 aromatic heterocycles. The fourth-order valence-electron chi connectivity index (χ4n) is 2.23. The van der Waals surface area contributed by atoms with Gasteiger partial charge in [-0.3, -0.25) is 4.98 Å². The lowest BCUT2D eigenvalue weighted by molar-refractivity contribution is 1.15. The van der Waals surface area contributed by atoms with Gasteiger partial charge in [-0.15, -0.1) is 0 Å². The number of rotatable bonds is 2. The Morgan fingerprint density at radius 2 is 1.56 bits per heavy atom. The smallest absolute Gasteiger partial charge is 0.0783 e. The van der Waals surface area contributed by atoms with E-state index in [1.165, 1.54) is 5.39 Å². The minimum Gasteiger partial charge on any atom is -0.252 e. The van der Waals surface area contributed by atoms with Crippen LogP contribution in [0, 0.1) is 13.8 Å². The van der Waals surface area contributed by atoms with E-state index in [9.17, 15) is 0 Å². The molecule has 0 unspecified atom stereocenters. The second-order valence-corrected chi connectivity index (χ2v) is 4.40. The van der Waals surface area contributed by atoms with Gasteiger partial charge in [0.2, 0.25) is 0 Å². The van der Waals surface area contributed by atoms with Crippen molar-refractivity contribution in [3.63, 3.8) is 0 Å². The molecule has 0 aliphatic carbocycles. The van der Waals surface area contributed by atoms with Gasteiger partial charge < -0.3 is 0 Å². The van der Waals surface area contributed by atoms with E-state index in [0.29, 0.717) is 12.8 Å². The van der Waals surface area contributed by atoms with Crippen LogP contribution >= 0.6 is 0 Å². The highest BCUT2D eigenvalue weighted by atomic mass is 14.7. The molecule has 4 radical (unpaired) electrons. The average Bonchev–Trinajstić information content (AvgIpc) is 2.45. The molecular weight excluding hydrogens is 218 g/mol. The Labute approximate surface area is 107 Å². The van der Waals surface area contributed by atoms with Crippen molar-refractivity contribution >= 4 is 21.7 Å². The van der Waals surface area contributed by atoms with E-state index < -0.39 is 0 Å². The van der Waals surface area contributed by atoms with Crippen molar-refractivity contribution in [2.45, 2.75) is 12.8 Å². The Kier molecular flexibility index (Phi) is 2.75. The molecule has 0 spiro atoms. The second kappa shape index (κ2) is 4.41. The standard InChI is InChI=1S/C17H13N/c1-3-12-5-6-13-7-8-14-9-10-15(4-2)18-17(14)16(13)11-12/h1-2,5-11H,3-4H2. The van der Waals surface area contributed by atoms with Crippen LogP contribution in [0.25, 0.3) is 21.7 Å². The van der Waals surface area contributed by atoms with Gasteiger partial charge in [-0.1, -0.05) is 30.3 Å². The summed E-state index contributed by atoms with van der Waals surface area (Å²) in [5, 5.41) is 3.46. The molecule has 2 aromatic carbocycles. The lowest BCUT2D eigenvalue weighted by atomic mass is 10.0. The van der Waals surface area contributed by atoms with Crippen LogP contribution in [0.5, 0.6) is 0 Å². The van der Waals surface area contributed by atoms with Crippen molar-refractivity contribution in [1.29, 1.82) is 0 Å². The first-order valence-corrected chi connectivity index (χ1v) is 6.03. The van der Waals surface area contributed by atoms with Crippen LogP contribution in [-0.2, 0) is 12.8 Å². The Morgan fingerprint density at radius 3 is 2.33 bits per heavy atom. The van der Waals surface area contributed by atoms with Gasteiger partial charge >= 0.3 is 0 Å². The summed E-state index contributed by atoms with van der Waals surface area (Å²) < 4.78 is 0. The lowest BCUT2D eigenvalue weighted by Gasteiger charge is -2.06. The first kappa shape index (κ1) is 11.2. The van der Waals surface area contributed by atoms with E-state index in [1.807, 2.05) is 6.07 Å². The zero-order chi connectivity index (χ0) is 12.5. The number of nitrogens with zero attached hydrogens (tertiary/aromatic N) is 1. The molecule has 0 aliphatic rings. The maximum absolute atomic E-state index is 5.70. The van der Waals surface area contributed by atoms with E-state index in [-0.39, 0.29) is 0 Å². The van der Waals surface area contributed by atoms with E-state index in [2.05, 4.69) is 41.4 Å². The first-order chi connectivity index (χ1) is 8.81. The number of pyridine rings is 1. The summed E-state index contributed by atoms with van der Waals surface area (Å²) in [4.78, 5) is 4.63. The van der Waals surface area contributed by atoms with Gasteiger partial charge in [0.25, 0.3) is 0 Å². The summed E-state index contributed by atoms with van der Waals surface area (Å²) in [6.45, 7) is 11.4. The van der Waals surface area contributed by atoms with Crippen molar-refractivity contribution in [2.75, 3.05) is 0 Å². The Bertz CT molecular complexity index is 650. The van der Waals surface area contributed by atoms with Gasteiger partial charge in [-0.2, -0.15) is 0 Å².